The first-order chi connectivity index (χ1) is 43.3. The molecule has 2 aliphatic carbocycles. The van der Waals surface area contributed by atoms with E-state index in [-0.39, 0.29) is 65.1 Å². The minimum atomic E-state index is -4.72. The molecule has 10 heterocycles. The highest BCUT2D eigenvalue weighted by atomic mass is 32.2. The lowest BCUT2D eigenvalue weighted by Gasteiger charge is -2.59. The number of sulfonamides is 1. The number of aryl methyl sites for hydroxylation is 2. The summed E-state index contributed by atoms with van der Waals surface area (Å²) in [5, 5.41) is 16.8. The van der Waals surface area contributed by atoms with Crippen LogP contribution >= 0.6 is 0 Å². The van der Waals surface area contributed by atoms with E-state index in [2.05, 4.69) is 83.7 Å². The van der Waals surface area contributed by atoms with E-state index in [1.807, 2.05) is 30.5 Å². The number of rotatable bonds is 12. The van der Waals surface area contributed by atoms with Crippen LogP contribution in [-0.4, -0.2) is 167 Å². The topological polar surface area (TPSA) is 232 Å². The van der Waals surface area contributed by atoms with Gasteiger partial charge in [-0.25, -0.2) is 18.1 Å². The van der Waals surface area contributed by atoms with Gasteiger partial charge in [0, 0.05) is 112 Å². The van der Waals surface area contributed by atoms with Gasteiger partial charge in [0.2, 0.25) is 5.88 Å². The molecule has 3 aromatic heterocycles. The van der Waals surface area contributed by atoms with E-state index < -0.39 is 37.5 Å². The van der Waals surface area contributed by atoms with Gasteiger partial charge in [0.15, 0.2) is 23.0 Å². The molecular weight excluding hydrogens is 1150 g/mol. The lowest BCUT2D eigenvalue weighted by molar-refractivity contribution is -0.384. The summed E-state index contributed by atoms with van der Waals surface area (Å²) in [5.41, 5.74) is 7.85. The van der Waals surface area contributed by atoms with Gasteiger partial charge in [0.25, 0.3) is 21.6 Å². The molecule has 0 radical (unpaired) electrons. The average Bonchev–Trinajstić information content (AvgIpc) is 1.34. The van der Waals surface area contributed by atoms with Crippen LogP contribution in [0.2, 0.25) is 0 Å². The second-order valence-corrected chi connectivity index (χ2v) is 27.8. The molecule has 1 spiro atoms. The van der Waals surface area contributed by atoms with Crippen molar-refractivity contribution >= 4 is 61.2 Å². The standard InChI is InChI=1S/C66H79N11O11S/c1-40-7-4-5-8-47(40)57-36-73(52-10-6-9-50-49(52)33-59(83-3)63(69-50)74-24-28-86-37-41(74)2)22-23-75(57)45-34-66(35-45)17-20-72(21-18-66)44-11-12-48(54(30-44)76-53-16-27-85-39-60(53)88-65-56(76)29-43-13-19-67-62(43)70-65)64(78)71-89(81,82)46-31-55(77(79)80)61-58(32-46)87-38-51(68-61)42-14-25-84-26-15-42/h4-5,7-8,11-13,19,29-33,41-42,45,51-53,57,60,68H,6,9-10,14-18,20-28,34-39H2,1-3H3,(H,67,70)(H,71,78)/t41-,51-,52+,53-,57-,60-/m0/s1. The van der Waals surface area contributed by atoms with Crippen molar-refractivity contribution in [1.29, 1.82) is 0 Å². The number of nitro groups is 1. The molecule has 3 aromatic carbocycles. The monoisotopic (exact) mass is 1230 g/mol. The molecule has 23 heteroatoms. The van der Waals surface area contributed by atoms with Crippen molar-refractivity contribution in [1.82, 2.24) is 29.5 Å². The number of piperazine rings is 1. The van der Waals surface area contributed by atoms with Gasteiger partial charge in [-0.2, -0.15) is 4.98 Å². The third kappa shape index (κ3) is 10.7. The number of ether oxygens (including phenoxy) is 6. The first-order valence-corrected chi connectivity index (χ1v) is 33.5. The van der Waals surface area contributed by atoms with E-state index in [9.17, 15) is 18.5 Å². The Labute approximate surface area is 518 Å². The number of carbonyl (C=O) groups is 1. The Morgan fingerprint density at radius 1 is 0.854 bits per heavy atom. The van der Waals surface area contributed by atoms with Gasteiger partial charge in [-0.15, -0.1) is 0 Å². The fourth-order valence-corrected chi connectivity index (χ4v) is 17.2. The molecule has 5 saturated heterocycles. The third-order valence-corrected chi connectivity index (χ3v) is 22.4. The van der Waals surface area contributed by atoms with Crippen LogP contribution in [0, 0.1) is 28.4 Å². The predicted octanol–water partition coefficient (Wildman–Crippen LogP) is 9.00. The van der Waals surface area contributed by atoms with E-state index in [0.29, 0.717) is 75.0 Å². The van der Waals surface area contributed by atoms with E-state index in [1.54, 1.807) is 13.2 Å². The normalized spacial score (nSPS) is 25.8. The summed E-state index contributed by atoms with van der Waals surface area (Å²) in [5.74, 6) is 1.44. The Balaban J connectivity index is 0.688. The third-order valence-electron chi connectivity index (χ3n) is 21.1. The molecule has 3 N–H and O–H groups in total. The van der Waals surface area contributed by atoms with Gasteiger partial charge in [-0.1, -0.05) is 24.3 Å². The number of aromatic amines is 1. The number of nitrogens with one attached hydrogen (secondary N) is 3. The lowest BCUT2D eigenvalue weighted by Crippen LogP contribution is -2.60. The zero-order valence-corrected chi connectivity index (χ0v) is 51.7. The summed E-state index contributed by atoms with van der Waals surface area (Å²) in [6.07, 6.45) is 10.9. The number of hydrogen-bond acceptors (Lipinski definition) is 19. The van der Waals surface area contributed by atoms with Crippen LogP contribution in [0.25, 0.3) is 11.0 Å². The summed E-state index contributed by atoms with van der Waals surface area (Å²) in [6.45, 7) is 13.2. The van der Waals surface area contributed by atoms with Crippen molar-refractivity contribution in [3.63, 3.8) is 0 Å². The van der Waals surface area contributed by atoms with Crippen LogP contribution in [-0.2, 0) is 30.7 Å². The number of pyridine rings is 2. The number of nitro benzene ring substituents is 1. The lowest BCUT2D eigenvalue weighted by atomic mass is 9.59. The molecule has 1 amide bonds. The molecule has 9 aliphatic rings. The van der Waals surface area contributed by atoms with Crippen molar-refractivity contribution in [2.24, 2.45) is 11.3 Å². The van der Waals surface area contributed by atoms with E-state index in [4.69, 9.17) is 38.4 Å². The van der Waals surface area contributed by atoms with Crippen LogP contribution in [0.15, 0.2) is 83.9 Å². The van der Waals surface area contributed by atoms with Crippen LogP contribution < -0.4 is 38.9 Å². The largest absolute Gasteiger partial charge is 0.493 e. The Bertz CT molecular complexity index is 3810. The number of aromatic nitrogens is 3. The van der Waals surface area contributed by atoms with E-state index >= 15 is 4.79 Å². The Kier molecular flexibility index (Phi) is 15.4. The number of carbonyl (C=O) groups excluding carboxylic acids is 1. The van der Waals surface area contributed by atoms with Crippen molar-refractivity contribution in [2.75, 3.05) is 113 Å². The van der Waals surface area contributed by atoms with Crippen molar-refractivity contribution in [3.05, 3.63) is 117 Å². The molecule has 470 valence electrons. The second kappa shape index (κ2) is 23.5. The molecule has 6 atom stereocenters. The number of anilines is 5. The zero-order chi connectivity index (χ0) is 60.7. The van der Waals surface area contributed by atoms with Gasteiger partial charge in [-0.05, 0) is 142 Å². The first-order valence-electron chi connectivity index (χ1n) is 32.0. The number of hydrogen-bond donors (Lipinski definition) is 3. The number of nitrogens with zero attached hydrogens (tertiary/aromatic N) is 8. The summed E-state index contributed by atoms with van der Waals surface area (Å²) in [7, 11) is -2.95. The Hall–Kier alpha value is -7.28. The maximum absolute atomic E-state index is 15.0. The van der Waals surface area contributed by atoms with Gasteiger partial charge >= 0.3 is 0 Å². The summed E-state index contributed by atoms with van der Waals surface area (Å²) in [6, 6.07) is 23.7. The Morgan fingerprint density at radius 2 is 1.67 bits per heavy atom. The maximum atomic E-state index is 15.0. The van der Waals surface area contributed by atoms with Crippen molar-refractivity contribution in [3.8, 4) is 17.4 Å². The quantitative estimate of drug-likeness (QED) is 0.0766. The fourth-order valence-electron chi connectivity index (χ4n) is 16.2. The molecule has 15 rings (SSSR count). The molecule has 1 saturated carbocycles. The number of H-pyrrole nitrogens is 1. The van der Waals surface area contributed by atoms with Crippen LogP contribution in [0.5, 0.6) is 17.4 Å². The highest BCUT2D eigenvalue weighted by Gasteiger charge is 2.51. The number of morpholine rings is 1. The number of methoxy groups -OCH3 is 1. The number of piperidine rings is 1. The average molecular weight is 1230 g/mol. The number of benzene rings is 3. The maximum Gasteiger partial charge on any atom is 0.297 e. The molecule has 6 aromatic rings. The second-order valence-electron chi connectivity index (χ2n) is 26.1. The van der Waals surface area contributed by atoms with E-state index in [1.165, 1.54) is 28.5 Å². The van der Waals surface area contributed by atoms with Crippen LogP contribution in [0.4, 0.5) is 34.3 Å². The molecule has 22 nitrogen and oxygen atoms in total. The zero-order valence-electron chi connectivity index (χ0n) is 50.9. The van der Waals surface area contributed by atoms with Gasteiger partial charge < -0.3 is 53.4 Å². The van der Waals surface area contributed by atoms with Crippen LogP contribution in [0.1, 0.15) is 110 Å². The summed E-state index contributed by atoms with van der Waals surface area (Å²) < 4.78 is 67.5. The minimum absolute atomic E-state index is 0.0274. The number of fused-ring (bicyclic) bond motifs is 5. The highest BCUT2D eigenvalue weighted by molar-refractivity contribution is 7.90. The SMILES string of the molecule is COc1cc2c(nc1N1CCOC[C@@H]1C)CCC[C@H]2N1CCN(C2CC3(CCN(c4ccc(C(=O)NS(=O)(=O)c5cc6c(c([N+](=O)[O-])c5)N[C@H](C5CCOCC5)CO6)c(N5c6cc7cc[nH]c7nc6O[C@H]6COCC[C@@H]65)c4)CC3)C2)[C@H](c2ccccc2C)C1. The minimum Gasteiger partial charge on any atom is -0.493 e. The van der Waals surface area contributed by atoms with Crippen molar-refractivity contribution in [2.45, 2.75) is 125 Å². The summed E-state index contributed by atoms with van der Waals surface area (Å²) >= 11 is 0. The first kappa shape index (κ1) is 58.1. The Morgan fingerprint density at radius 3 is 2.48 bits per heavy atom. The smallest absolute Gasteiger partial charge is 0.297 e. The van der Waals surface area contributed by atoms with Crippen LogP contribution in [0.3, 0.4) is 0 Å². The molecule has 6 fully saturated rings. The van der Waals surface area contributed by atoms with Crippen molar-refractivity contribution < 1.29 is 46.6 Å². The molecule has 0 unspecified atom stereocenters. The fraction of sp³-hybridized carbons (Fsp3) is 0.530. The van der Waals surface area contributed by atoms with Gasteiger partial charge in [-0.3, -0.25) is 24.7 Å². The predicted molar refractivity (Wildman–Crippen MR) is 336 cm³/mol. The molecule has 0 bridgehead atoms. The molecular formula is C66H79N11O11S. The molecule has 89 heavy (non-hydrogen) atoms. The summed E-state index contributed by atoms with van der Waals surface area (Å²) in [4.78, 5) is 52.5. The number of amides is 1. The van der Waals surface area contributed by atoms with Gasteiger partial charge in [0.1, 0.15) is 24.0 Å². The van der Waals surface area contributed by atoms with Gasteiger partial charge in [0.05, 0.1) is 66.1 Å². The highest BCUT2D eigenvalue weighted by Crippen LogP contribution is 2.55. The molecule has 7 aliphatic heterocycles. The van der Waals surface area contributed by atoms with E-state index in [0.717, 1.165) is 126 Å².